The molecule has 0 spiro atoms. The molecule has 2 N–H and O–H groups in total. The average molecular weight is 223 g/mol. The van der Waals surface area contributed by atoms with Crippen LogP contribution in [-0.4, -0.2) is 18.3 Å². The lowest BCUT2D eigenvalue weighted by Gasteiger charge is -2.30. The average Bonchev–Trinajstić information content (AvgIpc) is 2.29. The Labute approximate surface area is 95.5 Å². The molecule has 0 saturated carbocycles. The first kappa shape index (κ1) is 11.6. The van der Waals surface area contributed by atoms with E-state index in [1.54, 1.807) is 0 Å². The molecule has 0 fully saturated rings. The predicted octanol–water partition coefficient (Wildman–Crippen LogP) is 2.07. The van der Waals surface area contributed by atoms with Crippen LogP contribution in [0.1, 0.15) is 36.6 Å². The Bertz CT molecular complexity index is 390. The van der Waals surface area contributed by atoms with Crippen molar-refractivity contribution in [3.63, 3.8) is 0 Å². The summed E-state index contributed by atoms with van der Waals surface area (Å²) in [5.41, 5.74) is 1.66. The Hall–Kier alpha value is -0.930. The Morgan fingerprint density at radius 1 is 1.56 bits per heavy atom. The normalized spacial score (nSPS) is 23.6. The second-order valence-corrected chi connectivity index (χ2v) is 4.71. The van der Waals surface area contributed by atoms with E-state index in [2.05, 4.69) is 12.2 Å². The maximum Gasteiger partial charge on any atom is 0.122 e. The summed E-state index contributed by atoms with van der Waals surface area (Å²) in [4.78, 5) is 0. The molecule has 0 aromatic heterocycles. The van der Waals surface area contributed by atoms with Crippen molar-refractivity contribution < 1.29 is 9.50 Å². The molecule has 0 amide bonds. The Morgan fingerprint density at radius 3 is 3.00 bits per heavy atom. The number of hydrogen-bond acceptors (Lipinski definition) is 2. The lowest BCUT2D eigenvalue weighted by Crippen LogP contribution is -2.32. The molecular weight excluding hydrogens is 205 g/mol. The van der Waals surface area contributed by atoms with Gasteiger partial charge < -0.3 is 10.4 Å². The number of alkyl halides is 1. The predicted molar refractivity (Wildman–Crippen MR) is 62.1 cm³/mol. The van der Waals surface area contributed by atoms with Gasteiger partial charge in [-0.25, -0.2) is 4.39 Å². The molecule has 0 saturated heterocycles. The highest BCUT2D eigenvalue weighted by molar-refractivity contribution is 5.41. The van der Waals surface area contributed by atoms with Crippen molar-refractivity contribution in [3.05, 3.63) is 34.9 Å². The third-order valence-corrected chi connectivity index (χ3v) is 3.34. The van der Waals surface area contributed by atoms with Gasteiger partial charge >= 0.3 is 0 Å². The van der Waals surface area contributed by atoms with E-state index in [9.17, 15) is 9.50 Å². The highest BCUT2D eigenvalue weighted by Crippen LogP contribution is 2.32. The minimum atomic E-state index is -1.36. The smallest absolute Gasteiger partial charge is 0.122 e. The monoisotopic (exact) mass is 223 g/mol. The van der Waals surface area contributed by atoms with E-state index < -0.39 is 12.3 Å². The van der Waals surface area contributed by atoms with Crippen LogP contribution in [0.15, 0.2) is 18.2 Å². The zero-order valence-corrected chi connectivity index (χ0v) is 9.76. The first-order valence-corrected chi connectivity index (χ1v) is 5.70. The summed E-state index contributed by atoms with van der Waals surface area (Å²) in [5.74, 6) is 0. The number of hydrogen-bond donors (Lipinski definition) is 2. The molecule has 2 rings (SSSR count). The molecule has 1 heterocycles. The molecule has 2 nitrogen and oxygen atoms in total. The van der Waals surface area contributed by atoms with Crippen LogP contribution in [0.25, 0.3) is 0 Å². The first-order valence-electron chi connectivity index (χ1n) is 5.70. The Morgan fingerprint density at radius 2 is 2.31 bits per heavy atom. The fourth-order valence-electron chi connectivity index (χ4n) is 2.39. The molecule has 1 aromatic carbocycles. The van der Waals surface area contributed by atoms with Gasteiger partial charge in [-0.15, -0.1) is 0 Å². The van der Waals surface area contributed by atoms with Crippen LogP contribution >= 0.6 is 0 Å². The third kappa shape index (κ3) is 1.85. The minimum absolute atomic E-state index is 0.277. The highest BCUT2D eigenvalue weighted by Gasteiger charge is 2.29. The Kier molecular flexibility index (Phi) is 3.00. The van der Waals surface area contributed by atoms with Crippen molar-refractivity contribution >= 4 is 0 Å². The molecule has 16 heavy (non-hydrogen) atoms. The standard InChI is InChI=1S/C13H18FNO/c1-9-10-4-3-5-12(13(2,16)8-14)11(10)6-7-15-9/h3-5,9,15-16H,6-8H2,1-2H3. The number of nitrogens with one attached hydrogen (secondary N) is 1. The van der Waals surface area contributed by atoms with Crippen LogP contribution < -0.4 is 5.32 Å². The largest absolute Gasteiger partial charge is 0.383 e. The van der Waals surface area contributed by atoms with Gasteiger partial charge in [0, 0.05) is 6.04 Å². The summed E-state index contributed by atoms with van der Waals surface area (Å²) >= 11 is 0. The molecule has 3 heteroatoms. The van der Waals surface area contributed by atoms with Gasteiger partial charge in [0.1, 0.15) is 12.3 Å². The fourth-order valence-corrected chi connectivity index (χ4v) is 2.39. The molecule has 88 valence electrons. The van der Waals surface area contributed by atoms with Gasteiger partial charge in [0.05, 0.1) is 0 Å². The number of aliphatic hydroxyl groups is 1. The van der Waals surface area contributed by atoms with E-state index in [4.69, 9.17) is 0 Å². The van der Waals surface area contributed by atoms with Crippen LogP contribution in [0.5, 0.6) is 0 Å². The van der Waals surface area contributed by atoms with Crippen LogP contribution in [0, 0.1) is 0 Å². The molecule has 0 bridgehead atoms. The van der Waals surface area contributed by atoms with Gasteiger partial charge in [-0.2, -0.15) is 0 Å². The molecule has 2 atom stereocenters. The first-order chi connectivity index (χ1) is 7.56. The molecule has 0 radical (unpaired) electrons. The molecule has 1 aromatic rings. The van der Waals surface area contributed by atoms with Gasteiger partial charge in [-0.05, 0) is 43.5 Å². The molecule has 0 aliphatic carbocycles. The zero-order valence-electron chi connectivity index (χ0n) is 9.76. The number of halogens is 1. The number of benzene rings is 1. The maximum absolute atomic E-state index is 12.9. The molecule has 2 unspecified atom stereocenters. The number of rotatable bonds is 2. The topological polar surface area (TPSA) is 32.3 Å². The van der Waals surface area contributed by atoms with E-state index in [1.165, 1.54) is 12.5 Å². The molecule has 1 aliphatic heterocycles. The van der Waals surface area contributed by atoms with Gasteiger partial charge in [0.2, 0.25) is 0 Å². The van der Waals surface area contributed by atoms with E-state index in [0.717, 1.165) is 24.1 Å². The SMILES string of the molecule is CC1NCCc2c1cccc2C(C)(O)CF. The van der Waals surface area contributed by atoms with Gasteiger partial charge in [0.15, 0.2) is 0 Å². The second kappa shape index (κ2) is 4.15. The van der Waals surface area contributed by atoms with E-state index in [1.807, 2.05) is 18.2 Å². The summed E-state index contributed by atoms with van der Waals surface area (Å²) in [6.45, 7) is 3.76. The van der Waals surface area contributed by atoms with Crippen molar-refractivity contribution in [2.75, 3.05) is 13.2 Å². The van der Waals surface area contributed by atoms with Crippen LogP contribution in [-0.2, 0) is 12.0 Å². The summed E-state index contributed by atoms with van der Waals surface area (Å²) in [7, 11) is 0. The maximum atomic E-state index is 12.9. The van der Waals surface area contributed by atoms with Crippen molar-refractivity contribution in [3.8, 4) is 0 Å². The second-order valence-electron chi connectivity index (χ2n) is 4.71. The van der Waals surface area contributed by atoms with Gasteiger partial charge in [-0.3, -0.25) is 0 Å². The highest BCUT2D eigenvalue weighted by atomic mass is 19.1. The van der Waals surface area contributed by atoms with Crippen molar-refractivity contribution in [1.82, 2.24) is 5.32 Å². The van der Waals surface area contributed by atoms with Gasteiger partial charge in [-0.1, -0.05) is 18.2 Å². The summed E-state index contributed by atoms with van der Waals surface area (Å²) in [5, 5.41) is 13.4. The summed E-state index contributed by atoms with van der Waals surface area (Å²) < 4.78 is 12.9. The molecular formula is C13H18FNO. The van der Waals surface area contributed by atoms with Crippen molar-refractivity contribution in [2.45, 2.75) is 31.9 Å². The fraction of sp³-hybridized carbons (Fsp3) is 0.538. The van der Waals surface area contributed by atoms with Gasteiger partial charge in [0.25, 0.3) is 0 Å². The minimum Gasteiger partial charge on any atom is -0.383 e. The van der Waals surface area contributed by atoms with E-state index in [0.29, 0.717) is 0 Å². The number of fused-ring (bicyclic) bond motifs is 1. The summed E-state index contributed by atoms with van der Waals surface area (Å²) in [6, 6.07) is 6.04. The van der Waals surface area contributed by atoms with E-state index >= 15 is 0 Å². The zero-order chi connectivity index (χ0) is 11.8. The quantitative estimate of drug-likeness (QED) is 0.804. The lowest BCUT2D eigenvalue weighted by molar-refractivity contribution is 0.0289. The third-order valence-electron chi connectivity index (χ3n) is 3.34. The van der Waals surface area contributed by atoms with Crippen LogP contribution in [0.2, 0.25) is 0 Å². The van der Waals surface area contributed by atoms with Crippen LogP contribution in [0.3, 0.4) is 0 Å². The Balaban J connectivity index is 2.52. The van der Waals surface area contributed by atoms with E-state index in [-0.39, 0.29) is 6.04 Å². The van der Waals surface area contributed by atoms with Crippen molar-refractivity contribution in [1.29, 1.82) is 0 Å². The van der Waals surface area contributed by atoms with Crippen molar-refractivity contribution in [2.24, 2.45) is 0 Å². The van der Waals surface area contributed by atoms with Crippen LogP contribution in [0.4, 0.5) is 4.39 Å². The molecule has 1 aliphatic rings. The lowest BCUT2D eigenvalue weighted by atomic mass is 9.84. The summed E-state index contributed by atoms with van der Waals surface area (Å²) in [6.07, 6.45) is 0.853.